The molecule has 3 aromatic rings. The van der Waals surface area contributed by atoms with Crippen LogP contribution in [0.3, 0.4) is 0 Å². The number of rotatable bonds is 4. The third-order valence-corrected chi connectivity index (χ3v) is 5.02. The highest BCUT2D eigenvalue weighted by atomic mass is 32.2. The van der Waals surface area contributed by atoms with Crippen molar-refractivity contribution in [1.29, 1.82) is 0 Å². The second kappa shape index (κ2) is 6.70. The Labute approximate surface area is 148 Å². The number of hydrogen-bond acceptors (Lipinski definition) is 3. The summed E-state index contributed by atoms with van der Waals surface area (Å²) in [6, 6.07) is 22.6. The van der Waals surface area contributed by atoms with Gasteiger partial charge < -0.3 is 4.90 Å². The van der Waals surface area contributed by atoms with Crippen LogP contribution < -0.4 is 10.0 Å². The molecule has 0 radical (unpaired) electrons. The second-order valence-electron chi connectivity index (χ2n) is 6.03. The van der Waals surface area contributed by atoms with E-state index in [0.717, 1.165) is 22.4 Å². The Hall–Kier alpha value is -2.63. The first-order chi connectivity index (χ1) is 11.9. The van der Waals surface area contributed by atoms with Crippen molar-refractivity contribution in [3.63, 3.8) is 0 Å². The molecule has 0 saturated carbocycles. The number of sulfonamides is 1. The fourth-order valence-corrected chi connectivity index (χ4v) is 3.64. The van der Waals surface area contributed by atoms with Crippen LogP contribution in [0.4, 0.5) is 5.69 Å². The third-order valence-electron chi connectivity index (χ3n) is 4.07. The molecule has 0 fully saturated rings. The highest BCUT2D eigenvalue weighted by molar-refractivity contribution is 7.89. The zero-order valence-electron chi connectivity index (χ0n) is 14.2. The van der Waals surface area contributed by atoms with Crippen LogP contribution in [0, 0.1) is 0 Å². The first-order valence-electron chi connectivity index (χ1n) is 7.87. The largest absolute Gasteiger partial charge is 0.378 e. The maximum absolute atomic E-state index is 12.2. The van der Waals surface area contributed by atoms with Gasteiger partial charge in [0.05, 0.1) is 4.90 Å². The van der Waals surface area contributed by atoms with Gasteiger partial charge in [-0.2, -0.15) is 0 Å². The van der Waals surface area contributed by atoms with Crippen molar-refractivity contribution in [1.82, 2.24) is 0 Å². The molecule has 0 bridgehead atoms. The van der Waals surface area contributed by atoms with Crippen molar-refractivity contribution in [2.45, 2.75) is 4.90 Å². The van der Waals surface area contributed by atoms with E-state index in [2.05, 4.69) is 0 Å². The molecule has 0 aliphatic heterocycles. The molecule has 0 aliphatic rings. The van der Waals surface area contributed by atoms with Crippen molar-refractivity contribution in [3.8, 4) is 22.3 Å². The Morgan fingerprint density at radius 3 is 2.08 bits per heavy atom. The molecule has 0 unspecified atom stereocenters. The number of nitrogens with two attached hydrogens (primary N) is 1. The van der Waals surface area contributed by atoms with Crippen LogP contribution in [0.1, 0.15) is 0 Å². The zero-order valence-corrected chi connectivity index (χ0v) is 15.0. The van der Waals surface area contributed by atoms with Gasteiger partial charge in [0.2, 0.25) is 10.0 Å². The molecule has 0 atom stereocenters. The van der Waals surface area contributed by atoms with Gasteiger partial charge in [-0.15, -0.1) is 0 Å². The number of hydrogen-bond donors (Lipinski definition) is 1. The maximum Gasteiger partial charge on any atom is 0.238 e. The minimum absolute atomic E-state index is 0.131. The summed E-state index contributed by atoms with van der Waals surface area (Å²) in [4.78, 5) is 2.14. The summed E-state index contributed by atoms with van der Waals surface area (Å²) in [7, 11) is 0.0915. The van der Waals surface area contributed by atoms with Gasteiger partial charge >= 0.3 is 0 Å². The number of nitrogens with zero attached hydrogens (tertiary/aromatic N) is 1. The van der Waals surface area contributed by atoms with E-state index in [-0.39, 0.29) is 4.90 Å². The van der Waals surface area contributed by atoms with Gasteiger partial charge in [-0.25, -0.2) is 13.6 Å². The van der Waals surface area contributed by atoms with E-state index in [0.29, 0.717) is 5.56 Å². The third kappa shape index (κ3) is 3.57. The lowest BCUT2D eigenvalue weighted by Gasteiger charge is -2.17. The van der Waals surface area contributed by atoms with Crippen LogP contribution in [-0.4, -0.2) is 22.5 Å². The average molecular weight is 352 g/mol. The fourth-order valence-electron chi connectivity index (χ4n) is 2.86. The Balaban J connectivity index is 2.33. The quantitative estimate of drug-likeness (QED) is 0.778. The SMILES string of the molecule is CN(C)c1cccc(-c2cccc(S(N)(=O)=O)c2-c2ccccc2)c1. The summed E-state index contributed by atoms with van der Waals surface area (Å²) >= 11 is 0. The van der Waals surface area contributed by atoms with Crippen molar-refractivity contribution in [3.05, 3.63) is 72.8 Å². The molecule has 2 N–H and O–H groups in total. The van der Waals surface area contributed by atoms with Gasteiger partial charge in [0.25, 0.3) is 0 Å². The maximum atomic E-state index is 12.2. The lowest BCUT2D eigenvalue weighted by Crippen LogP contribution is -2.14. The summed E-state index contributed by atoms with van der Waals surface area (Å²) < 4.78 is 24.3. The van der Waals surface area contributed by atoms with Crippen LogP contribution in [-0.2, 0) is 10.0 Å². The topological polar surface area (TPSA) is 63.4 Å². The van der Waals surface area contributed by atoms with E-state index < -0.39 is 10.0 Å². The van der Waals surface area contributed by atoms with Crippen LogP contribution in [0.2, 0.25) is 0 Å². The summed E-state index contributed by atoms with van der Waals surface area (Å²) in [5.41, 5.74) is 4.26. The molecule has 25 heavy (non-hydrogen) atoms. The Bertz CT molecular complexity index is 997. The minimum Gasteiger partial charge on any atom is -0.378 e. The lowest BCUT2D eigenvalue weighted by atomic mass is 9.94. The second-order valence-corrected chi connectivity index (χ2v) is 7.56. The van der Waals surface area contributed by atoms with Gasteiger partial charge in [-0.1, -0.05) is 54.6 Å². The Kier molecular flexibility index (Phi) is 4.61. The van der Waals surface area contributed by atoms with E-state index in [1.165, 1.54) is 0 Å². The van der Waals surface area contributed by atoms with Crippen LogP contribution >= 0.6 is 0 Å². The fraction of sp³-hybridized carbons (Fsp3) is 0.100. The minimum atomic E-state index is -3.85. The summed E-state index contributed by atoms with van der Waals surface area (Å²) in [6.07, 6.45) is 0. The molecule has 0 aliphatic carbocycles. The van der Waals surface area contributed by atoms with E-state index in [1.807, 2.05) is 79.7 Å². The molecule has 4 nitrogen and oxygen atoms in total. The first-order valence-corrected chi connectivity index (χ1v) is 9.41. The van der Waals surface area contributed by atoms with Gasteiger partial charge in [-0.3, -0.25) is 0 Å². The van der Waals surface area contributed by atoms with Gasteiger partial charge in [0, 0.05) is 25.3 Å². The van der Waals surface area contributed by atoms with Crippen molar-refractivity contribution in [2.24, 2.45) is 5.14 Å². The molecule has 0 aromatic heterocycles. The monoisotopic (exact) mass is 352 g/mol. The molecular weight excluding hydrogens is 332 g/mol. The normalized spacial score (nSPS) is 11.3. The number of primary sulfonamides is 1. The van der Waals surface area contributed by atoms with Gasteiger partial charge in [-0.05, 0) is 34.9 Å². The highest BCUT2D eigenvalue weighted by Crippen LogP contribution is 2.37. The molecule has 3 aromatic carbocycles. The first kappa shape index (κ1) is 17.2. The smallest absolute Gasteiger partial charge is 0.238 e. The summed E-state index contributed by atoms with van der Waals surface area (Å²) in [5.74, 6) is 0. The average Bonchev–Trinajstić information content (AvgIpc) is 2.61. The van der Waals surface area contributed by atoms with Crippen molar-refractivity contribution < 1.29 is 8.42 Å². The van der Waals surface area contributed by atoms with Crippen molar-refractivity contribution in [2.75, 3.05) is 19.0 Å². The van der Waals surface area contributed by atoms with Crippen molar-refractivity contribution >= 4 is 15.7 Å². The predicted octanol–water partition coefficient (Wildman–Crippen LogP) is 3.73. The van der Waals surface area contributed by atoms with E-state index >= 15 is 0 Å². The van der Waals surface area contributed by atoms with Crippen LogP contribution in [0.25, 0.3) is 22.3 Å². The highest BCUT2D eigenvalue weighted by Gasteiger charge is 2.19. The molecule has 0 spiro atoms. The van der Waals surface area contributed by atoms with Crippen LogP contribution in [0.5, 0.6) is 0 Å². The molecule has 0 amide bonds. The summed E-state index contributed by atoms with van der Waals surface area (Å²) in [6.45, 7) is 0. The Morgan fingerprint density at radius 1 is 0.800 bits per heavy atom. The molecule has 5 heteroatoms. The Morgan fingerprint density at radius 2 is 1.44 bits per heavy atom. The molecule has 128 valence electrons. The van der Waals surface area contributed by atoms with Gasteiger partial charge in [0.1, 0.15) is 0 Å². The van der Waals surface area contributed by atoms with Crippen LogP contribution in [0.15, 0.2) is 77.7 Å². The number of anilines is 1. The van der Waals surface area contributed by atoms with E-state index in [1.54, 1.807) is 12.1 Å². The molecule has 3 rings (SSSR count). The summed E-state index contributed by atoms with van der Waals surface area (Å²) in [5, 5.41) is 5.48. The zero-order chi connectivity index (χ0) is 18.0. The van der Waals surface area contributed by atoms with Gasteiger partial charge in [0.15, 0.2) is 0 Å². The molecule has 0 saturated heterocycles. The standard InChI is InChI=1S/C20H20N2O2S/c1-22(2)17-11-6-10-16(14-17)18-12-7-13-19(25(21,23)24)20(18)15-8-4-3-5-9-15/h3-14H,1-2H3,(H2,21,23,24). The molecular formula is C20H20N2O2S. The van der Waals surface area contributed by atoms with E-state index in [9.17, 15) is 8.42 Å². The predicted molar refractivity (Wildman–Crippen MR) is 103 cm³/mol. The van der Waals surface area contributed by atoms with E-state index in [4.69, 9.17) is 5.14 Å². The molecule has 0 heterocycles. The number of benzene rings is 3. The lowest BCUT2D eigenvalue weighted by molar-refractivity contribution is 0.598.